The van der Waals surface area contributed by atoms with Crippen LogP contribution in [0, 0.1) is 0 Å². The highest BCUT2D eigenvalue weighted by molar-refractivity contribution is 6.12. The molecule has 0 saturated heterocycles. The van der Waals surface area contributed by atoms with Gasteiger partial charge in [0, 0.05) is 62.6 Å². The highest BCUT2D eigenvalue weighted by Crippen LogP contribution is 2.39. The maximum Gasteiger partial charge on any atom is 0.145 e. The summed E-state index contributed by atoms with van der Waals surface area (Å²) in [5, 5.41) is 4.77. The molecule has 0 unspecified atom stereocenters. The molecule has 5 nitrogen and oxygen atoms in total. The molecule has 0 aliphatic carbocycles. The molecule has 11 rings (SSSR count). The first-order chi connectivity index (χ1) is 27.8. The zero-order valence-corrected chi connectivity index (χ0v) is 30.3. The van der Waals surface area contributed by atoms with Gasteiger partial charge in [0.1, 0.15) is 5.65 Å². The largest absolute Gasteiger partial charge is 0.309 e. The number of benzene rings is 6. The number of fused-ring (bicyclic) bond motifs is 6. The normalized spacial score (nSPS) is 11.6. The van der Waals surface area contributed by atoms with Crippen LogP contribution in [0.2, 0.25) is 0 Å². The lowest BCUT2D eigenvalue weighted by Crippen LogP contribution is -1.96. The van der Waals surface area contributed by atoms with Crippen LogP contribution in [0.5, 0.6) is 0 Å². The number of rotatable bonds is 6. The lowest BCUT2D eigenvalue weighted by molar-refractivity contribution is 1.14. The number of aromatic nitrogens is 5. The summed E-state index contributed by atoms with van der Waals surface area (Å²) in [5.41, 5.74) is 15.1. The number of nitrogens with zero attached hydrogens (tertiary/aromatic N) is 5. The van der Waals surface area contributed by atoms with Crippen LogP contribution in [0.25, 0.3) is 99.9 Å². The van der Waals surface area contributed by atoms with Gasteiger partial charge in [-0.2, -0.15) is 0 Å². The molecule has 6 aromatic carbocycles. The molecule has 5 aromatic heterocycles. The second-order valence-electron chi connectivity index (χ2n) is 14.1. The van der Waals surface area contributed by atoms with Crippen molar-refractivity contribution in [2.24, 2.45) is 0 Å². The van der Waals surface area contributed by atoms with Gasteiger partial charge in [-0.05, 0) is 125 Å². The molecule has 0 atom stereocenters. The monoisotopic (exact) mass is 715 g/mol. The van der Waals surface area contributed by atoms with Gasteiger partial charge >= 0.3 is 0 Å². The second kappa shape index (κ2) is 13.0. The number of para-hydroxylation sites is 2. The summed E-state index contributed by atoms with van der Waals surface area (Å²) in [5.74, 6) is 0. The fourth-order valence-corrected chi connectivity index (χ4v) is 8.27. The molecule has 262 valence electrons. The zero-order chi connectivity index (χ0) is 37.0. The van der Waals surface area contributed by atoms with Gasteiger partial charge in [0.25, 0.3) is 0 Å². The smallest absolute Gasteiger partial charge is 0.145 e. The van der Waals surface area contributed by atoms with E-state index >= 15 is 0 Å². The van der Waals surface area contributed by atoms with E-state index in [1.165, 1.54) is 27.4 Å². The number of hydrogen-bond donors (Lipinski definition) is 0. The van der Waals surface area contributed by atoms with Gasteiger partial charge in [-0.25, -0.2) is 4.98 Å². The summed E-state index contributed by atoms with van der Waals surface area (Å²) in [6.45, 7) is 0. The van der Waals surface area contributed by atoms with Crippen molar-refractivity contribution in [2.45, 2.75) is 0 Å². The molecule has 0 radical (unpaired) electrons. The first kappa shape index (κ1) is 31.9. The van der Waals surface area contributed by atoms with Gasteiger partial charge in [0.15, 0.2) is 0 Å². The Hall–Kier alpha value is -7.63. The Morgan fingerprint density at radius 2 is 0.893 bits per heavy atom. The Bertz CT molecular complexity index is 3180. The van der Waals surface area contributed by atoms with Crippen molar-refractivity contribution in [3.63, 3.8) is 0 Å². The van der Waals surface area contributed by atoms with Gasteiger partial charge < -0.3 is 4.57 Å². The van der Waals surface area contributed by atoms with E-state index < -0.39 is 0 Å². The van der Waals surface area contributed by atoms with Crippen molar-refractivity contribution in [1.29, 1.82) is 0 Å². The third-order valence-corrected chi connectivity index (χ3v) is 10.8. The molecule has 0 N–H and O–H groups in total. The van der Waals surface area contributed by atoms with Crippen LogP contribution >= 0.6 is 0 Å². The standard InChI is InChI=1S/C51H33N5/c1-2-13-40(14-3-1)55-48-20-5-4-16-42(48)43-23-21-36(33-50(43)55)35-22-24-49-45(32-35)44-17-11-27-54-51(44)56(49)41-15-10-12-34(31-41)37-28-38(46-18-6-8-25-52-46)30-39(29-37)47-19-7-9-26-53-47/h1-33H. The average molecular weight is 716 g/mol. The minimum Gasteiger partial charge on any atom is -0.309 e. The van der Waals surface area contributed by atoms with Crippen LogP contribution in [0.4, 0.5) is 0 Å². The maximum absolute atomic E-state index is 4.96. The van der Waals surface area contributed by atoms with Crippen LogP contribution in [0.15, 0.2) is 201 Å². The molecule has 0 bridgehead atoms. The Labute approximate surface area is 323 Å². The predicted molar refractivity (Wildman–Crippen MR) is 230 cm³/mol. The lowest BCUT2D eigenvalue weighted by atomic mass is 9.96. The lowest BCUT2D eigenvalue weighted by Gasteiger charge is -2.13. The van der Waals surface area contributed by atoms with Crippen LogP contribution in [-0.2, 0) is 0 Å². The Morgan fingerprint density at radius 1 is 0.286 bits per heavy atom. The molecule has 0 aliphatic heterocycles. The van der Waals surface area contributed by atoms with Gasteiger partial charge in [-0.1, -0.05) is 78.9 Å². The second-order valence-corrected chi connectivity index (χ2v) is 14.1. The van der Waals surface area contributed by atoms with Crippen molar-refractivity contribution in [3.05, 3.63) is 201 Å². The van der Waals surface area contributed by atoms with Gasteiger partial charge in [0.05, 0.1) is 27.9 Å². The topological polar surface area (TPSA) is 48.5 Å². The number of pyridine rings is 3. The summed E-state index contributed by atoms with van der Waals surface area (Å²) in [6, 6.07) is 64.6. The molecular formula is C51H33N5. The summed E-state index contributed by atoms with van der Waals surface area (Å²) in [7, 11) is 0. The van der Waals surface area contributed by atoms with Crippen LogP contribution < -0.4 is 0 Å². The molecule has 0 aliphatic rings. The minimum atomic E-state index is 0.922. The summed E-state index contributed by atoms with van der Waals surface area (Å²) < 4.78 is 4.66. The van der Waals surface area contributed by atoms with Crippen molar-refractivity contribution in [2.75, 3.05) is 0 Å². The number of hydrogen-bond acceptors (Lipinski definition) is 3. The van der Waals surface area contributed by atoms with Gasteiger partial charge in [0.2, 0.25) is 0 Å². The van der Waals surface area contributed by atoms with E-state index in [9.17, 15) is 0 Å². The Balaban J connectivity index is 1.06. The SMILES string of the molecule is c1ccc(-n2c3ccccc3c3ccc(-c4ccc5c(c4)c4cccnc4n5-c4cccc(-c5cc(-c6ccccn6)cc(-c6ccccn6)c5)c4)cc32)cc1. The first-order valence-corrected chi connectivity index (χ1v) is 18.8. The van der Waals surface area contributed by atoms with E-state index in [4.69, 9.17) is 4.98 Å². The van der Waals surface area contributed by atoms with Crippen molar-refractivity contribution in [3.8, 4) is 56.1 Å². The van der Waals surface area contributed by atoms with Crippen molar-refractivity contribution >= 4 is 43.7 Å². The highest BCUT2D eigenvalue weighted by Gasteiger charge is 2.17. The third kappa shape index (κ3) is 5.29. The van der Waals surface area contributed by atoms with E-state index in [0.29, 0.717) is 0 Å². The maximum atomic E-state index is 4.96. The van der Waals surface area contributed by atoms with E-state index in [1.807, 2.05) is 48.9 Å². The molecule has 5 heteroatoms. The van der Waals surface area contributed by atoms with E-state index in [1.54, 1.807) is 0 Å². The van der Waals surface area contributed by atoms with Gasteiger partial charge in [-0.3, -0.25) is 14.5 Å². The van der Waals surface area contributed by atoms with E-state index in [2.05, 4.69) is 171 Å². The fourth-order valence-electron chi connectivity index (χ4n) is 8.27. The fraction of sp³-hybridized carbons (Fsp3) is 0. The summed E-state index contributed by atoms with van der Waals surface area (Å²) >= 11 is 0. The zero-order valence-electron chi connectivity index (χ0n) is 30.3. The quantitative estimate of drug-likeness (QED) is 0.172. The Kier molecular flexibility index (Phi) is 7.42. The van der Waals surface area contributed by atoms with Crippen LogP contribution in [0.1, 0.15) is 0 Å². The molecule has 0 fully saturated rings. The summed E-state index contributed by atoms with van der Waals surface area (Å²) in [6.07, 6.45) is 5.56. The predicted octanol–water partition coefficient (Wildman–Crippen LogP) is 12.7. The molecule has 11 aromatic rings. The van der Waals surface area contributed by atoms with Crippen LogP contribution in [-0.4, -0.2) is 24.1 Å². The van der Waals surface area contributed by atoms with Crippen molar-refractivity contribution < 1.29 is 0 Å². The van der Waals surface area contributed by atoms with E-state index in [-0.39, 0.29) is 0 Å². The third-order valence-electron chi connectivity index (χ3n) is 10.8. The average Bonchev–Trinajstić information content (AvgIpc) is 3.79. The molecular weight excluding hydrogens is 683 g/mol. The van der Waals surface area contributed by atoms with E-state index in [0.717, 1.165) is 72.5 Å². The highest BCUT2D eigenvalue weighted by atomic mass is 15.0. The minimum absolute atomic E-state index is 0.922. The first-order valence-electron chi connectivity index (χ1n) is 18.8. The molecule has 0 amide bonds. The molecule has 0 spiro atoms. The Morgan fingerprint density at radius 3 is 1.68 bits per heavy atom. The van der Waals surface area contributed by atoms with Crippen LogP contribution in [0.3, 0.4) is 0 Å². The molecule has 56 heavy (non-hydrogen) atoms. The molecule has 0 saturated carbocycles. The van der Waals surface area contributed by atoms with Crippen molar-refractivity contribution in [1.82, 2.24) is 24.1 Å². The van der Waals surface area contributed by atoms with Gasteiger partial charge in [-0.15, -0.1) is 0 Å². The summed E-state index contributed by atoms with van der Waals surface area (Å²) in [4.78, 5) is 14.3. The molecule has 5 heterocycles.